The summed E-state index contributed by atoms with van der Waals surface area (Å²) >= 11 is 0. The zero-order chi connectivity index (χ0) is 20.6. The van der Waals surface area contributed by atoms with Crippen LogP contribution >= 0.6 is 24.0 Å². The number of rotatable bonds is 7. The molecule has 2 aliphatic rings. The molecule has 1 N–H and O–H groups in total. The number of nitrogens with one attached hydrogen (secondary N) is 1. The Balaban J connectivity index is 0.00000272. The van der Waals surface area contributed by atoms with Crippen LogP contribution in [0.3, 0.4) is 0 Å². The number of aromatic nitrogens is 1. The van der Waals surface area contributed by atoms with Crippen molar-refractivity contribution in [3.05, 3.63) is 42.3 Å². The predicted molar refractivity (Wildman–Crippen MR) is 132 cm³/mol. The summed E-state index contributed by atoms with van der Waals surface area (Å²) in [6, 6.07) is 9.93. The Morgan fingerprint density at radius 3 is 2.74 bits per heavy atom. The largest absolute Gasteiger partial charge is 0.444 e. The number of aliphatic imine (C=N–C) groups is 1. The minimum absolute atomic E-state index is 0. The fourth-order valence-corrected chi connectivity index (χ4v) is 3.93. The van der Waals surface area contributed by atoms with Crippen LogP contribution in [0.15, 0.2) is 46.0 Å². The molecule has 1 aromatic heterocycles. The van der Waals surface area contributed by atoms with Crippen molar-refractivity contribution in [2.45, 2.75) is 51.4 Å². The predicted octanol–water partition coefficient (Wildman–Crippen LogP) is 4.09. The maximum Gasteiger partial charge on any atom is 0.226 e. The standard InChI is InChI=1S/C23H32N4O3.HI/c1-2-24-23(25-15-19-16-30-22(26-19)18-7-4-3-5-8-18)27-12-10-20(11-13-27)29-17-21-9-6-14-28-21;/h3-5,7-8,16,20-21H,2,6,9-15,17H2,1H3,(H,24,25);1H. The van der Waals surface area contributed by atoms with E-state index in [-0.39, 0.29) is 24.0 Å². The molecular formula is C23H33IN4O3. The molecule has 170 valence electrons. The van der Waals surface area contributed by atoms with Crippen LogP contribution in [-0.4, -0.2) is 60.9 Å². The average molecular weight is 540 g/mol. The van der Waals surface area contributed by atoms with Gasteiger partial charge in [0.15, 0.2) is 5.96 Å². The highest BCUT2D eigenvalue weighted by molar-refractivity contribution is 14.0. The maximum absolute atomic E-state index is 6.09. The minimum atomic E-state index is 0. The first kappa shape index (κ1) is 24.0. The maximum atomic E-state index is 6.09. The molecule has 0 bridgehead atoms. The van der Waals surface area contributed by atoms with Gasteiger partial charge in [0.05, 0.1) is 25.4 Å². The van der Waals surface area contributed by atoms with Gasteiger partial charge in [-0.2, -0.15) is 0 Å². The van der Waals surface area contributed by atoms with E-state index in [0.29, 0.717) is 24.6 Å². The van der Waals surface area contributed by atoms with Crippen molar-refractivity contribution in [1.82, 2.24) is 15.2 Å². The van der Waals surface area contributed by atoms with E-state index in [1.165, 1.54) is 0 Å². The van der Waals surface area contributed by atoms with Gasteiger partial charge >= 0.3 is 0 Å². The van der Waals surface area contributed by atoms with Crippen LogP contribution in [0.2, 0.25) is 0 Å². The second-order valence-corrected chi connectivity index (χ2v) is 7.83. The van der Waals surface area contributed by atoms with Gasteiger partial charge in [-0.1, -0.05) is 18.2 Å². The lowest BCUT2D eigenvalue weighted by Gasteiger charge is -2.34. The molecule has 0 spiro atoms. The highest BCUT2D eigenvalue weighted by atomic mass is 127. The molecule has 0 radical (unpaired) electrons. The fraction of sp³-hybridized carbons (Fsp3) is 0.565. The van der Waals surface area contributed by atoms with Crippen molar-refractivity contribution >= 4 is 29.9 Å². The number of nitrogens with zero attached hydrogens (tertiary/aromatic N) is 3. The Morgan fingerprint density at radius 2 is 2.03 bits per heavy atom. The number of hydrogen-bond donors (Lipinski definition) is 1. The number of benzene rings is 1. The first-order valence-electron chi connectivity index (χ1n) is 11.1. The van der Waals surface area contributed by atoms with Gasteiger partial charge in [-0.3, -0.25) is 0 Å². The summed E-state index contributed by atoms with van der Waals surface area (Å²) in [4.78, 5) is 11.7. The zero-order valence-corrected chi connectivity index (χ0v) is 20.5. The van der Waals surface area contributed by atoms with Crippen LogP contribution < -0.4 is 5.32 Å². The van der Waals surface area contributed by atoms with Gasteiger partial charge in [0.1, 0.15) is 12.0 Å². The first-order chi connectivity index (χ1) is 14.8. The number of ether oxygens (including phenoxy) is 2. The van der Waals surface area contributed by atoms with E-state index in [9.17, 15) is 0 Å². The van der Waals surface area contributed by atoms with Gasteiger partial charge in [0.2, 0.25) is 5.89 Å². The van der Waals surface area contributed by atoms with E-state index < -0.39 is 0 Å². The first-order valence-corrected chi connectivity index (χ1v) is 11.1. The number of halogens is 1. The normalized spacial score (nSPS) is 20.0. The molecule has 0 saturated carbocycles. The molecule has 1 aromatic carbocycles. The van der Waals surface area contributed by atoms with E-state index in [2.05, 4.69) is 22.1 Å². The Bertz CT molecular complexity index is 800. The summed E-state index contributed by atoms with van der Waals surface area (Å²) in [5.41, 5.74) is 1.81. The van der Waals surface area contributed by atoms with Crippen LogP contribution in [0.25, 0.3) is 11.5 Å². The highest BCUT2D eigenvalue weighted by Crippen LogP contribution is 2.20. The summed E-state index contributed by atoms with van der Waals surface area (Å²) in [7, 11) is 0. The second kappa shape index (κ2) is 12.4. The van der Waals surface area contributed by atoms with Crippen molar-refractivity contribution in [1.29, 1.82) is 0 Å². The third-order valence-corrected chi connectivity index (χ3v) is 5.58. The number of guanidine groups is 1. The van der Waals surface area contributed by atoms with Crippen LogP contribution in [0.4, 0.5) is 0 Å². The zero-order valence-electron chi connectivity index (χ0n) is 18.2. The third kappa shape index (κ3) is 6.92. The van der Waals surface area contributed by atoms with Gasteiger partial charge in [0.25, 0.3) is 0 Å². The van der Waals surface area contributed by atoms with Gasteiger partial charge in [-0.15, -0.1) is 24.0 Å². The number of oxazole rings is 1. The van der Waals surface area contributed by atoms with Crippen molar-refractivity contribution in [3.8, 4) is 11.5 Å². The molecule has 8 heteroatoms. The lowest BCUT2D eigenvalue weighted by atomic mass is 10.1. The van der Waals surface area contributed by atoms with Crippen LogP contribution in [0, 0.1) is 0 Å². The number of hydrogen-bond acceptors (Lipinski definition) is 5. The molecular weight excluding hydrogens is 507 g/mol. The summed E-state index contributed by atoms with van der Waals surface area (Å²) in [6.07, 6.45) is 6.62. The van der Waals surface area contributed by atoms with Crippen LogP contribution in [0.5, 0.6) is 0 Å². The van der Waals surface area contributed by atoms with E-state index >= 15 is 0 Å². The molecule has 2 aromatic rings. The van der Waals surface area contributed by atoms with Gasteiger partial charge in [-0.25, -0.2) is 9.98 Å². The van der Waals surface area contributed by atoms with Crippen LogP contribution in [0.1, 0.15) is 38.3 Å². The van der Waals surface area contributed by atoms with Crippen molar-refractivity contribution in [2.24, 2.45) is 4.99 Å². The van der Waals surface area contributed by atoms with Crippen molar-refractivity contribution in [3.63, 3.8) is 0 Å². The smallest absolute Gasteiger partial charge is 0.226 e. The van der Waals surface area contributed by atoms with Gasteiger partial charge < -0.3 is 24.1 Å². The molecule has 2 saturated heterocycles. The molecule has 3 heterocycles. The lowest BCUT2D eigenvalue weighted by molar-refractivity contribution is -0.0367. The lowest BCUT2D eigenvalue weighted by Crippen LogP contribution is -2.47. The Kier molecular flexibility index (Phi) is 9.60. The second-order valence-electron chi connectivity index (χ2n) is 7.83. The summed E-state index contributed by atoms with van der Waals surface area (Å²) < 4.78 is 17.4. The van der Waals surface area contributed by atoms with Crippen LogP contribution in [-0.2, 0) is 16.0 Å². The topological polar surface area (TPSA) is 72.1 Å². The van der Waals surface area contributed by atoms with E-state index in [4.69, 9.17) is 18.9 Å². The van der Waals surface area contributed by atoms with E-state index in [1.54, 1.807) is 6.26 Å². The third-order valence-electron chi connectivity index (χ3n) is 5.58. The van der Waals surface area contributed by atoms with Gasteiger partial charge in [0, 0.05) is 31.8 Å². The van der Waals surface area contributed by atoms with Crippen molar-refractivity contribution in [2.75, 3.05) is 32.8 Å². The van der Waals surface area contributed by atoms with E-state index in [0.717, 1.165) is 75.7 Å². The average Bonchev–Trinajstić information content (AvgIpc) is 3.48. The summed E-state index contributed by atoms with van der Waals surface area (Å²) in [5, 5.41) is 3.41. The Morgan fingerprint density at radius 1 is 1.23 bits per heavy atom. The minimum Gasteiger partial charge on any atom is -0.444 e. The SMILES string of the molecule is CCNC(=NCc1coc(-c2ccccc2)n1)N1CCC(OCC2CCCO2)CC1.I. The Labute approximate surface area is 201 Å². The quantitative estimate of drug-likeness (QED) is 0.324. The molecule has 0 amide bonds. The molecule has 0 aliphatic carbocycles. The number of likely N-dealkylation sites (tertiary alicyclic amines) is 1. The van der Waals surface area contributed by atoms with E-state index in [1.807, 2.05) is 30.3 Å². The molecule has 1 atom stereocenters. The molecule has 31 heavy (non-hydrogen) atoms. The Hall–Kier alpha value is -1.65. The summed E-state index contributed by atoms with van der Waals surface area (Å²) in [6.45, 7) is 6.92. The molecule has 2 fully saturated rings. The number of piperidine rings is 1. The highest BCUT2D eigenvalue weighted by Gasteiger charge is 2.24. The van der Waals surface area contributed by atoms with Gasteiger partial charge in [-0.05, 0) is 44.7 Å². The summed E-state index contributed by atoms with van der Waals surface area (Å²) in [5.74, 6) is 1.56. The molecule has 7 nitrogen and oxygen atoms in total. The molecule has 4 rings (SSSR count). The van der Waals surface area contributed by atoms with Crippen molar-refractivity contribution < 1.29 is 13.9 Å². The molecule has 2 aliphatic heterocycles. The monoisotopic (exact) mass is 540 g/mol. The molecule has 1 unspecified atom stereocenters. The fourth-order valence-electron chi connectivity index (χ4n) is 3.93.